The number of hydrogen-bond donors (Lipinski definition) is 0. The van der Waals surface area contributed by atoms with Gasteiger partial charge >= 0.3 is 0 Å². The fourth-order valence-corrected chi connectivity index (χ4v) is 4.45. The van der Waals surface area contributed by atoms with E-state index in [2.05, 4.69) is 15.2 Å². The molecule has 1 aromatic carbocycles. The van der Waals surface area contributed by atoms with Crippen LogP contribution in [0.2, 0.25) is 0 Å². The first-order valence-electron chi connectivity index (χ1n) is 10.3. The van der Waals surface area contributed by atoms with Crippen molar-refractivity contribution in [3.05, 3.63) is 48.8 Å². The van der Waals surface area contributed by atoms with Crippen LogP contribution in [0.25, 0.3) is 17.1 Å². The summed E-state index contributed by atoms with van der Waals surface area (Å²) in [5.74, 6) is 1.55. The molecule has 0 bridgehead atoms. The Bertz CT molecular complexity index is 995. The van der Waals surface area contributed by atoms with Crippen molar-refractivity contribution in [2.24, 2.45) is 0 Å². The summed E-state index contributed by atoms with van der Waals surface area (Å²) in [6, 6.07) is 11.8. The Morgan fingerprint density at radius 1 is 0.968 bits per heavy atom. The highest BCUT2D eigenvalue weighted by atomic mass is 32.2. The summed E-state index contributed by atoms with van der Waals surface area (Å²) < 4.78 is 7.27. The number of benzene rings is 1. The van der Waals surface area contributed by atoms with Crippen LogP contribution in [0.1, 0.15) is 34.6 Å². The van der Waals surface area contributed by atoms with Crippen LogP contribution in [0, 0.1) is 0 Å². The molecule has 31 heavy (non-hydrogen) atoms. The van der Waals surface area contributed by atoms with Crippen LogP contribution in [-0.2, 0) is 4.79 Å². The fourth-order valence-electron chi connectivity index (χ4n) is 3.52. The molecule has 0 spiro atoms. The fraction of sp³-hybridized carbons (Fsp3) is 0.391. The van der Waals surface area contributed by atoms with E-state index in [0.29, 0.717) is 11.0 Å². The number of carbonyl (C=O) groups excluding carboxylic acids is 1. The van der Waals surface area contributed by atoms with Gasteiger partial charge in [0, 0.05) is 35.7 Å². The molecule has 7 nitrogen and oxygen atoms in total. The van der Waals surface area contributed by atoms with Crippen molar-refractivity contribution < 1.29 is 9.53 Å². The maximum Gasteiger partial charge on any atom is 0.236 e. The van der Waals surface area contributed by atoms with Gasteiger partial charge in [0.15, 0.2) is 11.0 Å². The smallest absolute Gasteiger partial charge is 0.236 e. The maximum atomic E-state index is 13.2. The molecule has 1 atom stereocenters. The first-order valence-corrected chi connectivity index (χ1v) is 11.2. The number of ether oxygens (including phenoxy) is 1. The first-order chi connectivity index (χ1) is 14.8. The van der Waals surface area contributed by atoms with Gasteiger partial charge in [0.1, 0.15) is 5.75 Å². The van der Waals surface area contributed by atoms with Gasteiger partial charge in [-0.05, 0) is 71.0 Å². The lowest BCUT2D eigenvalue weighted by Crippen LogP contribution is -2.45. The van der Waals surface area contributed by atoms with Gasteiger partial charge < -0.3 is 9.64 Å². The summed E-state index contributed by atoms with van der Waals surface area (Å²) in [6.45, 7) is 10.1. The average Bonchev–Trinajstić information content (AvgIpc) is 3.17. The molecule has 0 aliphatic carbocycles. The van der Waals surface area contributed by atoms with Crippen LogP contribution in [0.5, 0.6) is 5.75 Å². The van der Waals surface area contributed by atoms with Crippen molar-refractivity contribution in [2.75, 3.05) is 7.11 Å². The minimum absolute atomic E-state index is 0.0877. The van der Waals surface area contributed by atoms with Gasteiger partial charge in [-0.15, -0.1) is 10.2 Å². The molecular weight excluding hydrogens is 410 g/mol. The van der Waals surface area contributed by atoms with E-state index in [1.165, 1.54) is 11.8 Å². The average molecular weight is 440 g/mol. The van der Waals surface area contributed by atoms with Crippen molar-refractivity contribution in [2.45, 2.75) is 57.1 Å². The molecule has 164 valence electrons. The van der Waals surface area contributed by atoms with Gasteiger partial charge in [-0.25, -0.2) is 0 Å². The Labute approximate surface area is 187 Å². The molecule has 0 aliphatic heterocycles. The molecule has 3 aromatic rings. The lowest BCUT2D eigenvalue weighted by molar-refractivity contribution is -0.133. The number of carbonyl (C=O) groups is 1. The highest BCUT2D eigenvalue weighted by molar-refractivity contribution is 8.00. The van der Waals surface area contributed by atoms with Gasteiger partial charge in [0.2, 0.25) is 5.91 Å². The molecule has 0 radical (unpaired) electrons. The summed E-state index contributed by atoms with van der Waals surface area (Å²) >= 11 is 1.41. The topological polar surface area (TPSA) is 73.1 Å². The van der Waals surface area contributed by atoms with Crippen LogP contribution >= 0.6 is 11.8 Å². The van der Waals surface area contributed by atoms with E-state index < -0.39 is 0 Å². The summed E-state index contributed by atoms with van der Waals surface area (Å²) in [6.07, 6.45) is 3.45. The Morgan fingerprint density at radius 3 is 2.13 bits per heavy atom. The molecule has 2 heterocycles. The van der Waals surface area contributed by atoms with Gasteiger partial charge in [-0.1, -0.05) is 11.8 Å². The minimum atomic E-state index is -0.309. The molecule has 0 aliphatic rings. The number of thioether (sulfide) groups is 1. The standard InChI is InChI=1S/C23H29N5O2S/c1-15(2)27(16(3)4)22(29)17(5)31-23-26-25-21(18-11-13-24-14-12-18)28(23)19-7-9-20(30-6)10-8-19/h7-17H,1-6H3. The second kappa shape index (κ2) is 9.96. The third-order valence-corrected chi connectivity index (χ3v) is 5.93. The Morgan fingerprint density at radius 2 is 1.58 bits per heavy atom. The normalized spacial score (nSPS) is 12.3. The van der Waals surface area contributed by atoms with Gasteiger partial charge in [0.05, 0.1) is 12.4 Å². The summed E-state index contributed by atoms with van der Waals surface area (Å²) in [5.41, 5.74) is 1.79. The zero-order chi connectivity index (χ0) is 22.5. The van der Waals surface area contributed by atoms with E-state index in [4.69, 9.17) is 4.74 Å². The zero-order valence-electron chi connectivity index (χ0n) is 18.8. The number of nitrogens with zero attached hydrogens (tertiary/aromatic N) is 5. The van der Waals surface area contributed by atoms with E-state index in [0.717, 1.165) is 17.0 Å². The maximum absolute atomic E-state index is 13.2. The number of aromatic nitrogens is 4. The van der Waals surface area contributed by atoms with Gasteiger partial charge in [-0.3, -0.25) is 14.3 Å². The molecule has 0 saturated carbocycles. The number of hydrogen-bond acceptors (Lipinski definition) is 6. The van der Waals surface area contributed by atoms with Gasteiger partial charge in [0.25, 0.3) is 0 Å². The van der Waals surface area contributed by atoms with Crippen LogP contribution in [-0.4, -0.2) is 55.0 Å². The second-order valence-corrected chi connectivity index (χ2v) is 9.08. The van der Waals surface area contributed by atoms with E-state index in [9.17, 15) is 4.79 Å². The second-order valence-electron chi connectivity index (χ2n) is 7.77. The highest BCUT2D eigenvalue weighted by Gasteiger charge is 2.28. The van der Waals surface area contributed by atoms with Crippen LogP contribution in [0.3, 0.4) is 0 Å². The number of rotatable bonds is 8. The lowest BCUT2D eigenvalue weighted by atomic mass is 10.2. The van der Waals surface area contributed by atoms with Crippen molar-refractivity contribution in [3.8, 4) is 22.8 Å². The van der Waals surface area contributed by atoms with E-state index >= 15 is 0 Å². The number of pyridine rings is 1. The third kappa shape index (κ3) is 5.07. The Hall–Kier alpha value is -2.87. The molecular formula is C23H29N5O2S. The van der Waals surface area contributed by atoms with E-state index in [-0.39, 0.29) is 23.2 Å². The van der Waals surface area contributed by atoms with Crippen LogP contribution in [0.15, 0.2) is 53.9 Å². The van der Waals surface area contributed by atoms with Crippen LogP contribution < -0.4 is 4.74 Å². The molecule has 2 aromatic heterocycles. The largest absolute Gasteiger partial charge is 0.497 e. The zero-order valence-corrected chi connectivity index (χ0v) is 19.6. The lowest BCUT2D eigenvalue weighted by Gasteiger charge is -2.32. The molecule has 8 heteroatoms. The Balaban J connectivity index is 2.00. The molecule has 1 amide bonds. The molecule has 0 fully saturated rings. The number of methoxy groups -OCH3 is 1. The predicted octanol–water partition coefficient (Wildman–Crippen LogP) is 4.46. The van der Waals surface area contributed by atoms with Gasteiger partial charge in [-0.2, -0.15) is 0 Å². The predicted molar refractivity (Wildman–Crippen MR) is 124 cm³/mol. The SMILES string of the molecule is COc1ccc(-n2c(SC(C)C(=O)N(C(C)C)C(C)C)nnc2-c2ccncc2)cc1. The summed E-state index contributed by atoms with van der Waals surface area (Å²) in [5, 5.41) is 9.23. The van der Waals surface area contributed by atoms with Crippen LogP contribution in [0.4, 0.5) is 0 Å². The highest BCUT2D eigenvalue weighted by Crippen LogP contribution is 2.31. The molecule has 0 N–H and O–H groups in total. The molecule has 1 unspecified atom stereocenters. The first kappa shape index (κ1) is 22.8. The molecule has 0 saturated heterocycles. The summed E-state index contributed by atoms with van der Waals surface area (Å²) in [4.78, 5) is 19.2. The van der Waals surface area contributed by atoms with Crippen molar-refractivity contribution in [1.29, 1.82) is 0 Å². The third-order valence-electron chi connectivity index (χ3n) is 4.90. The van der Waals surface area contributed by atoms with Crippen molar-refractivity contribution in [1.82, 2.24) is 24.6 Å². The number of amides is 1. The Kier molecular flexibility index (Phi) is 7.33. The monoisotopic (exact) mass is 439 g/mol. The van der Waals surface area contributed by atoms with E-state index in [1.807, 2.05) is 80.5 Å². The van der Waals surface area contributed by atoms with Crippen molar-refractivity contribution >= 4 is 17.7 Å². The quantitative estimate of drug-likeness (QED) is 0.483. The van der Waals surface area contributed by atoms with Crippen molar-refractivity contribution in [3.63, 3.8) is 0 Å². The molecule has 3 rings (SSSR count). The summed E-state index contributed by atoms with van der Waals surface area (Å²) in [7, 11) is 1.64. The minimum Gasteiger partial charge on any atom is -0.497 e. The van der Waals surface area contributed by atoms with E-state index in [1.54, 1.807) is 19.5 Å².